The third kappa shape index (κ3) is 2.38. The summed E-state index contributed by atoms with van der Waals surface area (Å²) in [6, 6.07) is 0. The molecule has 0 amide bonds. The molecular formula is C23H36N2O2. The van der Waals surface area contributed by atoms with Crippen LogP contribution in [0.2, 0.25) is 0 Å². The quantitative estimate of drug-likeness (QED) is 0.446. The van der Waals surface area contributed by atoms with Crippen LogP contribution in [0.25, 0.3) is 0 Å². The van der Waals surface area contributed by atoms with Gasteiger partial charge in [-0.1, -0.05) is 30.7 Å². The molecule has 0 radical (unpaired) electrons. The minimum absolute atomic E-state index is 0.0822. The standard InChI is InChI=1S/C23H36N2O2/c1-21-10-8-19(25-27-14-13-24)23(11-12-23)18(21)5-3-15-16-4-6-20(26)22(16,2)9-7-17(15)21/h5,15-17,20,26H,3-4,6-14,24H2,1-2H3/b25-19-/t15-,16-,17-,20-,21+,22-/m0/s1. The zero-order chi connectivity index (χ0) is 18.9. The van der Waals surface area contributed by atoms with Crippen LogP contribution < -0.4 is 5.73 Å². The molecule has 4 saturated carbocycles. The Morgan fingerprint density at radius 2 is 1.96 bits per heavy atom. The van der Waals surface area contributed by atoms with Gasteiger partial charge in [0.05, 0.1) is 11.8 Å². The summed E-state index contributed by atoms with van der Waals surface area (Å²) in [5, 5.41) is 15.2. The molecule has 0 heterocycles. The maximum atomic E-state index is 10.6. The molecule has 0 aliphatic heterocycles. The summed E-state index contributed by atoms with van der Waals surface area (Å²) in [7, 11) is 0. The number of nitrogens with zero attached hydrogens (tertiary/aromatic N) is 1. The molecule has 5 rings (SSSR count). The Morgan fingerprint density at radius 3 is 2.70 bits per heavy atom. The fraction of sp³-hybridized carbons (Fsp3) is 0.870. The largest absolute Gasteiger partial charge is 0.394 e. The SMILES string of the molecule is C[C@]12CC[C@H]3[C@@H](CC=C4C5(CC5)/C(=N\OCCN)CC[C@@]43C)[C@@H]1CC[C@@H]2O. The molecule has 0 saturated heterocycles. The van der Waals surface area contributed by atoms with Crippen LogP contribution in [0.1, 0.15) is 71.6 Å². The Balaban J connectivity index is 1.47. The fourth-order valence-electron chi connectivity index (χ4n) is 7.89. The van der Waals surface area contributed by atoms with Crippen molar-refractivity contribution >= 4 is 5.71 Å². The molecule has 1 spiro atoms. The monoisotopic (exact) mass is 372 g/mol. The Bertz CT molecular complexity index is 682. The van der Waals surface area contributed by atoms with E-state index in [-0.39, 0.29) is 16.9 Å². The van der Waals surface area contributed by atoms with Gasteiger partial charge in [0.25, 0.3) is 0 Å². The molecule has 0 aromatic rings. The number of rotatable bonds is 3. The summed E-state index contributed by atoms with van der Waals surface area (Å²) in [6.07, 6.45) is 13.2. The predicted octanol–water partition coefficient (Wildman–Crippen LogP) is 4.03. The molecule has 150 valence electrons. The molecule has 0 aromatic carbocycles. The van der Waals surface area contributed by atoms with Gasteiger partial charge in [-0.25, -0.2) is 0 Å². The van der Waals surface area contributed by atoms with Gasteiger partial charge in [0.1, 0.15) is 6.61 Å². The number of aliphatic hydroxyl groups excluding tert-OH is 1. The van der Waals surface area contributed by atoms with E-state index >= 15 is 0 Å². The summed E-state index contributed by atoms with van der Waals surface area (Å²) in [4.78, 5) is 5.51. The van der Waals surface area contributed by atoms with Gasteiger partial charge in [0.2, 0.25) is 0 Å². The highest BCUT2D eigenvalue weighted by molar-refractivity contribution is 5.96. The number of hydrogen-bond acceptors (Lipinski definition) is 4. The lowest BCUT2D eigenvalue weighted by atomic mass is 9.46. The van der Waals surface area contributed by atoms with Crippen LogP contribution in [0.4, 0.5) is 0 Å². The van der Waals surface area contributed by atoms with Gasteiger partial charge in [-0.15, -0.1) is 0 Å². The van der Waals surface area contributed by atoms with E-state index in [9.17, 15) is 5.11 Å². The fourth-order valence-corrected chi connectivity index (χ4v) is 7.89. The van der Waals surface area contributed by atoms with E-state index in [1.165, 1.54) is 50.7 Å². The van der Waals surface area contributed by atoms with E-state index in [1.807, 2.05) is 0 Å². The highest BCUT2D eigenvalue weighted by atomic mass is 16.6. The highest BCUT2D eigenvalue weighted by Crippen LogP contribution is 2.71. The van der Waals surface area contributed by atoms with Gasteiger partial charge in [-0.3, -0.25) is 0 Å². The second kappa shape index (κ2) is 6.06. The predicted molar refractivity (Wildman–Crippen MR) is 107 cm³/mol. The number of hydrogen-bond donors (Lipinski definition) is 2. The van der Waals surface area contributed by atoms with E-state index in [0.717, 1.165) is 24.7 Å². The molecule has 3 N–H and O–H groups in total. The minimum atomic E-state index is -0.0822. The van der Waals surface area contributed by atoms with Gasteiger partial charge in [-0.2, -0.15) is 0 Å². The van der Waals surface area contributed by atoms with Crippen molar-refractivity contribution in [3.8, 4) is 0 Å². The van der Waals surface area contributed by atoms with E-state index in [1.54, 1.807) is 5.57 Å². The van der Waals surface area contributed by atoms with E-state index in [0.29, 0.717) is 24.5 Å². The van der Waals surface area contributed by atoms with E-state index in [2.05, 4.69) is 25.1 Å². The first-order valence-electron chi connectivity index (χ1n) is 11.2. The van der Waals surface area contributed by atoms with Gasteiger partial charge in [0.15, 0.2) is 0 Å². The lowest BCUT2D eigenvalue weighted by molar-refractivity contribution is -0.0657. The van der Waals surface area contributed by atoms with Crippen molar-refractivity contribution in [2.24, 2.45) is 44.9 Å². The first kappa shape index (κ1) is 18.2. The summed E-state index contributed by atoms with van der Waals surface area (Å²) >= 11 is 0. The normalized spacial score (nSPS) is 48.6. The minimum Gasteiger partial charge on any atom is -0.394 e. The molecule has 5 aliphatic carbocycles. The third-order valence-corrected chi connectivity index (χ3v) is 9.50. The third-order valence-electron chi connectivity index (χ3n) is 9.50. The van der Waals surface area contributed by atoms with E-state index in [4.69, 9.17) is 10.6 Å². The second-order valence-electron chi connectivity index (χ2n) is 10.5. The molecule has 0 bridgehead atoms. The Kier molecular flexibility index (Phi) is 4.08. The van der Waals surface area contributed by atoms with Crippen LogP contribution in [0.5, 0.6) is 0 Å². The average Bonchev–Trinajstić information content (AvgIpc) is 3.37. The lowest BCUT2D eigenvalue weighted by Crippen LogP contribution is -2.52. The Morgan fingerprint density at radius 1 is 1.15 bits per heavy atom. The first-order valence-corrected chi connectivity index (χ1v) is 11.2. The maximum absolute atomic E-state index is 10.6. The summed E-state index contributed by atoms with van der Waals surface area (Å²) < 4.78 is 0. The smallest absolute Gasteiger partial charge is 0.129 e. The summed E-state index contributed by atoms with van der Waals surface area (Å²) in [6.45, 7) is 5.97. The molecule has 4 fully saturated rings. The van der Waals surface area contributed by atoms with Gasteiger partial charge < -0.3 is 15.7 Å². The van der Waals surface area contributed by atoms with Gasteiger partial charge in [-0.05, 0) is 86.4 Å². The lowest BCUT2D eigenvalue weighted by Gasteiger charge is -2.58. The van der Waals surface area contributed by atoms with Crippen molar-refractivity contribution in [3.63, 3.8) is 0 Å². The van der Waals surface area contributed by atoms with Crippen LogP contribution in [0, 0.1) is 34.0 Å². The second-order valence-corrected chi connectivity index (χ2v) is 10.5. The summed E-state index contributed by atoms with van der Waals surface area (Å²) in [5.74, 6) is 2.25. The van der Waals surface area contributed by atoms with Gasteiger partial charge in [0, 0.05) is 12.0 Å². The molecule has 0 unspecified atom stereocenters. The molecule has 0 aromatic heterocycles. The van der Waals surface area contributed by atoms with Crippen molar-refractivity contribution in [2.75, 3.05) is 13.2 Å². The Labute approximate surface area is 163 Å². The molecule has 4 nitrogen and oxygen atoms in total. The maximum Gasteiger partial charge on any atom is 0.129 e. The van der Waals surface area contributed by atoms with Crippen molar-refractivity contribution in [1.82, 2.24) is 0 Å². The zero-order valence-corrected chi connectivity index (χ0v) is 17.0. The molecule has 4 heteroatoms. The molecule has 6 atom stereocenters. The topological polar surface area (TPSA) is 67.8 Å². The van der Waals surface area contributed by atoms with Gasteiger partial charge >= 0.3 is 0 Å². The number of nitrogens with two attached hydrogens (primary N) is 1. The van der Waals surface area contributed by atoms with Crippen LogP contribution in [-0.4, -0.2) is 30.1 Å². The van der Waals surface area contributed by atoms with Crippen molar-refractivity contribution < 1.29 is 9.94 Å². The van der Waals surface area contributed by atoms with Crippen molar-refractivity contribution in [1.29, 1.82) is 0 Å². The summed E-state index contributed by atoms with van der Waals surface area (Å²) in [5.41, 5.74) is 9.24. The van der Waals surface area contributed by atoms with E-state index < -0.39 is 0 Å². The number of oxime groups is 1. The molecule has 27 heavy (non-hydrogen) atoms. The van der Waals surface area contributed by atoms with Crippen molar-refractivity contribution in [2.45, 2.75) is 77.7 Å². The molecule has 5 aliphatic rings. The van der Waals surface area contributed by atoms with Crippen molar-refractivity contribution in [3.05, 3.63) is 11.6 Å². The molecular weight excluding hydrogens is 336 g/mol. The average molecular weight is 373 g/mol. The Hall–Kier alpha value is -0.870. The number of aliphatic hydroxyl groups is 1. The number of fused-ring (bicyclic) bond motifs is 6. The highest BCUT2D eigenvalue weighted by Gasteiger charge is 2.64. The number of allylic oxidation sites excluding steroid dienone is 2. The first-order chi connectivity index (χ1) is 13.0. The van der Waals surface area contributed by atoms with Crippen LogP contribution in [0.3, 0.4) is 0 Å². The van der Waals surface area contributed by atoms with Crippen LogP contribution >= 0.6 is 0 Å². The van der Waals surface area contributed by atoms with Crippen LogP contribution in [0.15, 0.2) is 16.8 Å². The zero-order valence-electron chi connectivity index (χ0n) is 17.0. The van der Waals surface area contributed by atoms with Crippen LogP contribution in [-0.2, 0) is 4.84 Å².